The Bertz CT molecular complexity index is 793. The number of ether oxygens (including phenoxy) is 1. The number of hydrogen-bond acceptors (Lipinski definition) is 6. The van der Waals surface area contributed by atoms with E-state index in [-0.39, 0.29) is 29.5 Å². The molecule has 7 nitrogen and oxygen atoms in total. The Morgan fingerprint density at radius 2 is 2.16 bits per heavy atom. The summed E-state index contributed by atoms with van der Waals surface area (Å²) >= 11 is 7.28. The van der Waals surface area contributed by atoms with Crippen molar-refractivity contribution in [3.63, 3.8) is 0 Å². The minimum Gasteiger partial charge on any atom is -0.483 e. The van der Waals surface area contributed by atoms with E-state index >= 15 is 0 Å². The molecule has 0 atom stereocenters. The fourth-order valence-electron chi connectivity index (χ4n) is 2.10. The highest BCUT2D eigenvalue weighted by Crippen LogP contribution is 2.24. The summed E-state index contributed by atoms with van der Waals surface area (Å²) in [5.41, 5.74) is -0.194. The highest BCUT2D eigenvalue weighted by Gasteiger charge is 2.16. The number of hydrogen-bond donors (Lipinski definition) is 0. The lowest BCUT2D eigenvalue weighted by Crippen LogP contribution is -2.34. The molecule has 0 bridgehead atoms. The number of nitrogens with zero attached hydrogens (tertiary/aromatic N) is 2. The topological polar surface area (TPSA) is 89.8 Å². The maximum absolute atomic E-state index is 12.3. The zero-order chi connectivity index (χ0) is 18.4. The van der Waals surface area contributed by atoms with Crippen molar-refractivity contribution in [1.82, 2.24) is 4.90 Å². The van der Waals surface area contributed by atoms with Crippen LogP contribution in [0.3, 0.4) is 0 Å². The lowest BCUT2D eigenvalue weighted by molar-refractivity contribution is -0.384. The molecule has 0 aliphatic carbocycles. The summed E-state index contributed by atoms with van der Waals surface area (Å²) in [5, 5.41) is 10.7. The van der Waals surface area contributed by atoms with Crippen molar-refractivity contribution in [1.29, 1.82) is 0 Å². The first-order valence-corrected chi connectivity index (χ1v) is 8.52. The first-order valence-electron chi connectivity index (χ1n) is 7.33. The number of amides is 1. The number of nitro benzene ring substituents is 1. The predicted molar refractivity (Wildman–Crippen MR) is 94.4 cm³/mol. The van der Waals surface area contributed by atoms with E-state index < -0.39 is 4.92 Å². The summed E-state index contributed by atoms with van der Waals surface area (Å²) in [6.07, 6.45) is 0.456. The standard InChI is InChI=1S/C16H15ClN2O5S/c1-2-18(8-13-4-6-15(17)25-13)16(21)10-24-14-5-3-12(19(22)23)7-11(14)9-20/h3-7,9H,2,8,10H2,1H3. The van der Waals surface area contributed by atoms with Gasteiger partial charge in [0.1, 0.15) is 5.75 Å². The molecule has 1 aromatic carbocycles. The van der Waals surface area contributed by atoms with Crippen LogP contribution in [0.2, 0.25) is 4.34 Å². The predicted octanol–water partition coefficient (Wildman–Crippen LogP) is 3.55. The minimum atomic E-state index is -0.604. The number of benzene rings is 1. The summed E-state index contributed by atoms with van der Waals surface area (Å²) < 4.78 is 6.03. The summed E-state index contributed by atoms with van der Waals surface area (Å²) in [6, 6.07) is 7.26. The maximum atomic E-state index is 12.3. The molecule has 0 saturated carbocycles. The van der Waals surface area contributed by atoms with Gasteiger partial charge in [-0.05, 0) is 25.1 Å². The second kappa shape index (κ2) is 8.59. The van der Waals surface area contributed by atoms with Crippen molar-refractivity contribution < 1.29 is 19.2 Å². The number of rotatable bonds is 8. The molecule has 0 spiro atoms. The van der Waals surface area contributed by atoms with Crippen molar-refractivity contribution in [2.45, 2.75) is 13.5 Å². The molecule has 1 aromatic heterocycles. The van der Waals surface area contributed by atoms with Gasteiger partial charge in [-0.2, -0.15) is 0 Å². The summed E-state index contributed by atoms with van der Waals surface area (Å²) in [6.45, 7) is 2.47. The second-order valence-corrected chi connectivity index (χ2v) is 6.80. The van der Waals surface area contributed by atoms with E-state index in [1.165, 1.54) is 23.5 Å². The number of carbonyl (C=O) groups is 2. The lowest BCUT2D eigenvalue weighted by atomic mass is 10.2. The Balaban J connectivity index is 2.02. The van der Waals surface area contributed by atoms with Gasteiger partial charge in [-0.15, -0.1) is 11.3 Å². The maximum Gasteiger partial charge on any atom is 0.270 e. The van der Waals surface area contributed by atoms with E-state index in [0.717, 1.165) is 10.9 Å². The van der Waals surface area contributed by atoms with Gasteiger partial charge < -0.3 is 9.64 Å². The largest absolute Gasteiger partial charge is 0.483 e. The fourth-order valence-corrected chi connectivity index (χ4v) is 3.21. The molecular weight excluding hydrogens is 368 g/mol. The molecule has 2 rings (SSSR count). The molecule has 0 fully saturated rings. The zero-order valence-electron chi connectivity index (χ0n) is 13.3. The van der Waals surface area contributed by atoms with Crippen LogP contribution in [0.15, 0.2) is 30.3 Å². The first-order chi connectivity index (χ1) is 11.9. The van der Waals surface area contributed by atoms with Gasteiger partial charge in [0.2, 0.25) is 0 Å². The molecule has 132 valence electrons. The van der Waals surface area contributed by atoms with Gasteiger partial charge in [0.15, 0.2) is 12.9 Å². The normalized spacial score (nSPS) is 10.3. The van der Waals surface area contributed by atoms with Gasteiger partial charge in [0.05, 0.1) is 21.4 Å². The lowest BCUT2D eigenvalue weighted by Gasteiger charge is -2.20. The van der Waals surface area contributed by atoms with Crippen molar-refractivity contribution in [2.75, 3.05) is 13.2 Å². The Morgan fingerprint density at radius 1 is 1.40 bits per heavy atom. The summed E-state index contributed by atoms with van der Waals surface area (Å²) in [5.74, 6) is -0.133. The molecule has 0 N–H and O–H groups in total. The Hall–Kier alpha value is -2.45. The van der Waals surface area contributed by atoms with E-state index in [1.54, 1.807) is 11.0 Å². The Labute approximate surface area is 152 Å². The number of non-ortho nitro benzene ring substituents is 1. The number of thiophene rings is 1. The molecular formula is C16H15ClN2O5S. The van der Waals surface area contributed by atoms with Gasteiger partial charge in [-0.1, -0.05) is 11.6 Å². The van der Waals surface area contributed by atoms with Crippen molar-refractivity contribution in [3.8, 4) is 5.75 Å². The van der Waals surface area contributed by atoms with Gasteiger partial charge in [-0.25, -0.2) is 0 Å². The molecule has 1 amide bonds. The molecule has 1 heterocycles. The smallest absolute Gasteiger partial charge is 0.270 e. The zero-order valence-corrected chi connectivity index (χ0v) is 14.9. The first kappa shape index (κ1) is 18.9. The van der Waals surface area contributed by atoms with Crippen LogP contribution < -0.4 is 4.74 Å². The third-order valence-corrected chi connectivity index (χ3v) is 4.61. The van der Waals surface area contributed by atoms with E-state index in [4.69, 9.17) is 16.3 Å². The van der Waals surface area contributed by atoms with Crippen molar-refractivity contribution in [3.05, 3.63) is 55.2 Å². The molecule has 0 aliphatic heterocycles. The van der Waals surface area contributed by atoms with E-state index in [2.05, 4.69) is 0 Å². The van der Waals surface area contributed by atoms with Crippen LogP contribution in [-0.4, -0.2) is 35.2 Å². The molecule has 0 saturated heterocycles. The average molecular weight is 383 g/mol. The number of aldehydes is 1. The summed E-state index contributed by atoms with van der Waals surface area (Å²) in [7, 11) is 0. The number of carbonyl (C=O) groups excluding carboxylic acids is 2. The monoisotopic (exact) mass is 382 g/mol. The third-order valence-electron chi connectivity index (χ3n) is 3.39. The number of nitro groups is 1. The SMILES string of the molecule is CCN(Cc1ccc(Cl)s1)C(=O)COc1ccc([N+](=O)[O-])cc1C=O. The van der Waals surface area contributed by atoms with Gasteiger partial charge in [0, 0.05) is 23.6 Å². The molecule has 0 radical (unpaired) electrons. The average Bonchev–Trinajstić information content (AvgIpc) is 3.02. The highest BCUT2D eigenvalue weighted by molar-refractivity contribution is 7.16. The molecule has 0 unspecified atom stereocenters. The summed E-state index contributed by atoms with van der Waals surface area (Å²) in [4.78, 5) is 36.0. The van der Waals surface area contributed by atoms with E-state index in [1.807, 2.05) is 13.0 Å². The Kier molecular flexibility index (Phi) is 6.49. The van der Waals surface area contributed by atoms with Crippen molar-refractivity contribution in [2.24, 2.45) is 0 Å². The number of likely N-dealkylation sites (N-methyl/N-ethyl adjacent to an activating group) is 1. The molecule has 2 aromatic rings. The molecule has 9 heteroatoms. The van der Waals surface area contributed by atoms with Gasteiger partial charge in [0.25, 0.3) is 11.6 Å². The van der Waals surface area contributed by atoms with Crippen LogP contribution in [-0.2, 0) is 11.3 Å². The van der Waals surface area contributed by atoms with E-state index in [9.17, 15) is 19.7 Å². The van der Waals surface area contributed by atoms with Crippen LogP contribution in [0.1, 0.15) is 22.2 Å². The van der Waals surface area contributed by atoms with Crippen LogP contribution in [0.4, 0.5) is 5.69 Å². The van der Waals surface area contributed by atoms with Crippen LogP contribution >= 0.6 is 22.9 Å². The quantitative estimate of drug-likeness (QED) is 0.395. The molecule has 0 aliphatic rings. The number of halogens is 1. The highest BCUT2D eigenvalue weighted by atomic mass is 35.5. The van der Waals surface area contributed by atoms with Crippen LogP contribution in [0.5, 0.6) is 5.75 Å². The van der Waals surface area contributed by atoms with Crippen LogP contribution in [0, 0.1) is 10.1 Å². The Morgan fingerprint density at radius 3 is 2.72 bits per heavy atom. The fraction of sp³-hybridized carbons (Fsp3) is 0.250. The van der Waals surface area contributed by atoms with Crippen molar-refractivity contribution >= 4 is 40.8 Å². The van der Waals surface area contributed by atoms with Gasteiger partial charge in [-0.3, -0.25) is 19.7 Å². The van der Waals surface area contributed by atoms with Gasteiger partial charge >= 0.3 is 0 Å². The molecule has 25 heavy (non-hydrogen) atoms. The third kappa shape index (κ3) is 5.01. The van der Waals surface area contributed by atoms with E-state index in [0.29, 0.717) is 23.7 Å². The second-order valence-electron chi connectivity index (χ2n) is 5.00. The minimum absolute atomic E-state index is 0.0232. The van der Waals surface area contributed by atoms with Crippen LogP contribution in [0.25, 0.3) is 0 Å².